The molecule has 0 aliphatic rings. The summed E-state index contributed by atoms with van der Waals surface area (Å²) in [5, 5.41) is 0. The van der Waals surface area contributed by atoms with Gasteiger partial charge in [0.25, 0.3) is 0 Å². The fourth-order valence-electron chi connectivity index (χ4n) is 2.31. The molecule has 104 valence electrons. The van der Waals surface area contributed by atoms with Gasteiger partial charge in [-0.05, 0) is 47.9 Å². The lowest BCUT2D eigenvalue weighted by Crippen LogP contribution is -1.90. The summed E-state index contributed by atoms with van der Waals surface area (Å²) >= 11 is 3.32. The van der Waals surface area contributed by atoms with Crippen LogP contribution < -0.4 is 0 Å². The summed E-state index contributed by atoms with van der Waals surface area (Å²) in [6.45, 7) is 2.03. The van der Waals surface area contributed by atoms with Gasteiger partial charge in [0.05, 0.1) is 5.69 Å². The van der Waals surface area contributed by atoms with E-state index in [1.165, 1.54) is 12.1 Å². The molecule has 0 fully saturated rings. The molecule has 2 aromatic carbocycles. The van der Waals surface area contributed by atoms with Gasteiger partial charge in [-0.15, -0.1) is 0 Å². The zero-order valence-electron chi connectivity index (χ0n) is 11.5. The van der Waals surface area contributed by atoms with Gasteiger partial charge in [-0.3, -0.25) is 4.98 Å². The van der Waals surface area contributed by atoms with Gasteiger partial charge >= 0.3 is 0 Å². The van der Waals surface area contributed by atoms with E-state index < -0.39 is 0 Å². The molecule has 0 atom stereocenters. The topological polar surface area (TPSA) is 12.9 Å². The largest absolute Gasteiger partial charge is 0.256 e. The molecular weight excluding hydrogens is 329 g/mol. The van der Waals surface area contributed by atoms with Crippen molar-refractivity contribution in [2.75, 3.05) is 0 Å². The molecule has 0 aliphatic carbocycles. The minimum Gasteiger partial charge on any atom is -0.256 e. The van der Waals surface area contributed by atoms with Crippen molar-refractivity contribution in [1.82, 2.24) is 4.98 Å². The van der Waals surface area contributed by atoms with Crippen LogP contribution in [0.25, 0.3) is 22.4 Å². The van der Waals surface area contributed by atoms with E-state index in [1.54, 1.807) is 0 Å². The maximum Gasteiger partial charge on any atom is 0.125 e. The monoisotopic (exact) mass is 341 g/mol. The number of rotatable bonds is 2. The molecule has 3 rings (SSSR count). The van der Waals surface area contributed by atoms with Crippen LogP contribution in [-0.4, -0.2) is 4.98 Å². The van der Waals surface area contributed by atoms with E-state index in [0.717, 1.165) is 27.9 Å². The molecule has 1 aromatic heterocycles. The maximum absolute atomic E-state index is 13.6. The van der Waals surface area contributed by atoms with Crippen LogP contribution in [0.3, 0.4) is 0 Å². The summed E-state index contributed by atoms with van der Waals surface area (Å²) in [6.07, 6.45) is 1.83. The summed E-state index contributed by atoms with van der Waals surface area (Å²) < 4.78 is 14.3. The van der Waals surface area contributed by atoms with Crippen LogP contribution in [0.15, 0.2) is 65.3 Å². The summed E-state index contributed by atoms with van der Waals surface area (Å²) in [6, 6.07) is 16.9. The molecule has 1 nitrogen and oxygen atoms in total. The van der Waals surface area contributed by atoms with E-state index in [4.69, 9.17) is 0 Å². The quantitative estimate of drug-likeness (QED) is 0.588. The van der Waals surface area contributed by atoms with Crippen LogP contribution in [-0.2, 0) is 0 Å². The molecule has 0 spiro atoms. The van der Waals surface area contributed by atoms with Crippen molar-refractivity contribution in [3.8, 4) is 22.4 Å². The van der Waals surface area contributed by atoms with Crippen molar-refractivity contribution in [2.24, 2.45) is 0 Å². The Bertz CT molecular complexity index is 764. The van der Waals surface area contributed by atoms with E-state index >= 15 is 0 Å². The Morgan fingerprint density at radius 1 is 0.952 bits per heavy atom. The second-order valence-corrected chi connectivity index (χ2v) is 5.82. The first kappa shape index (κ1) is 14.0. The Hall–Kier alpha value is -2.00. The van der Waals surface area contributed by atoms with Crippen LogP contribution in [0.4, 0.5) is 4.39 Å². The molecule has 0 bridgehead atoms. The average Bonchev–Trinajstić information content (AvgIpc) is 2.47. The van der Waals surface area contributed by atoms with Crippen molar-refractivity contribution in [1.29, 1.82) is 0 Å². The highest BCUT2D eigenvalue weighted by molar-refractivity contribution is 9.10. The number of hydrogen-bond donors (Lipinski definition) is 0. The van der Waals surface area contributed by atoms with E-state index in [-0.39, 0.29) is 5.82 Å². The van der Waals surface area contributed by atoms with Crippen molar-refractivity contribution >= 4 is 15.9 Å². The molecule has 3 aromatic rings. The molecule has 1 heterocycles. The van der Waals surface area contributed by atoms with Crippen LogP contribution in [0.1, 0.15) is 5.56 Å². The highest BCUT2D eigenvalue weighted by atomic mass is 79.9. The van der Waals surface area contributed by atoms with E-state index in [2.05, 4.69) is 33.0 Å². The Morgan fingerprint density at radius 2 is 1.71 bits per heavy atom. The van der Waals surface area contributed by atoms with Crippen LogP contribution in [0.5, 0.6) is 0 Å². The molecule has 0 aliphatic heterocycles. The van der Waals surface area contributed by atoms with Gasteiger partial charge in [0, 0.05) is 16.2 Å². The fourth-order valence-corrected chi connectivity index (χ4v) is 2.78. The van der Waals surface area contributed by atoms with Gasteiger partial charge in [-0.2, -0.15) is 0 Å². The predicted molar refractivity (Wildman–Crippen MR) is 87.5 cm³/mol. The minimum absolute atomic E-state index is 0.275. The number of hydrogen-bond acceptors (Lipinski definition) is 1. The lowest BCUT2D eigenvalue weighted by Gasteiger charge is -2.09. The zero-order valence-corrected chi connectivity index (χ0v) is 13.1. The van der Waals surface area contributed by atoms with E-state index in [9.17, 15) is 4.39 Å². The lowest BCUT2D eigenvalue weighted by molar-refractivity contribution is 0.627. The van der Waals surface area contributed by atoms with Crippen LogP contribution in [0, 0.1) is 12.7 Å². The third kappa shape index (κ3) is 3.03. The number of aromatic nitrogens is 1. The molecule has 0 amide bonds. The lowest BCUT2D eigenvalue weighted by atomic mass is 10.00. The summed E-state index contributed by atoms with van der Waals surface area (Å²) in [5.41, 5.74) is 4.87. The minimum atomic E-state index is -0.275. The molecule has 0 N–H and O–H groups in total. The van der Waals surface area contributed by atoms with Gasteiger partial charge in [-0.1, -0.05) is 46.3 Å². The third-order valence-electron chi connectivity index (χ3n) is 3.35. The molecule has 0 saturated heterocycles. The Morgan fingerprint density at radius 3 is 2.43 bits per heavy atom. The van der Waals surface area contributed by atoms with Crippen molar-refractivity contribution in [3.63, 3.8) is 0 Å². The van der Waals surface area contributed by atoms with E-state index in [0.29, 0.717) is 4.47 Å². The fraction of sp³-hybridized carbons (Fsp3) is 0.0556. The maximum atomic E-state index is 13.6. The second kappa shape index (κ2) is 5.78. The van der Waals surface area contributed by atoms with Gasteiger partial charge in [0.2, 0.25) is 0 Å². The zero-order chi connectivity index (χ0) is 14.8. The number of aryl methyl sites for hydroxylation is 1. The molecule has 0 saturated carbocycles. The predicted octanol–water partition coefficient (Wildman–Crippen LogP) is 5.63. The molecule has 0 unspecified atom stereocenters. The average molecular weight is 342 g/mol. The van der Waals surface area contributed by atoms with Gasteiger partial charge in [0.15, 0.2) is 0 Å². The van der Waals surface area contributed by atoms with Crippen molar-refractivity contribution < 1.29 is 4.39 Å². The van der Waals surface area contributed by atoms with Gasteiger partial charge < -0.3 is 0 Å². The van der Waals surface area contributed by atoms with Gasteiger partial charge in [0.1, 0.15) is 5.82 Å². The SMILES string of the molecule is Cc1cnc(-c2cc(F)cc(Br)c2)cc1-c1ccccc1. The molecule has 0 radical (unpaired) electrons. The number of pyridine rings is 1. The van der Waals surface area contributed by atoms with Gasteiger partial charge in [-0.25, -0.2) is 4.39 Å². The standard InChI is InChI=1S/C18H13BrFN/c1-12-11-21-18(14-7-15(19)9-16(20)8-14)10-17(12)13-5-3-2-4-6-13/h2-11H,1H3. The first-order valence-electron chi connectivity index (χ1n) is 6.62. The van der Waals surface area contributed by atoms with Crippen molar-refractivity contribution in [2.45, 2.75) is 6.92 Å². The normalized spacial score (nSPS) is 10.6. The van der Waals surface area contributed by atoms with Crippen LogP contribution >= 0.6 is 15.9 Å². The van der Waals surface area contributed by atoms with Crippen LogP contribution in [0.2, 0.25) is 0 Å². The highest BCUT2D eigenvalue weighted by Gasteiger charge is 2.08. The number of halogens is 2. The molecule has 3 heteroatoms. The van der Waals surface area contributed by atoms with E-state index in [1.807, 2.05) is 43.5 Å². The molecular formula is C18H13BrFN. The number of nitrogens with zero attached hydrogens (tertiary/aromatic N) is 1. The van der Waals surface area contributed by atoms with Crippen molar-refractivity contribution in [3.05, 3.63) is 76.6 Å². The first-order chi connectivity index (χ1) is 10.1. The summed E-state index contributed by atoms with van der Waals surface area (Å²) in [4.78, 5) is 4.43. The Labute approximate surface area is 131 Å². The second-order valence-electron chi connectivity index (χ2n) is 4.91. The first-order valence-corrected chi connectivity index (χ1v) is 7.41. The summed E-state index contributed by atoms with van der Waals surface area (Å²) in [7, 11) is 0. The third-order valence-corrected chi connectivity index (χ3v) is 3.80. The summed E-state index contributed by atoms with van der Waals surface area (Å²) in [5.74, 6) is -0.275. The Balaban J connectivity index is 2.13. The highest BCUT2D eigenvalue weighted by Crippen LogP contribution is 2.29. The number of benzene rings is 2. The smallest absolute Gasteiger partial charge is 0.125 e. The molecule has 21 heavy (non-hydrogen) atoms. The Kier molecular flexibility index (Phi) is 3.84.